The predicted octanol–water partition coefficient (Wildman–Crippen LogP) is 3.94. The Labute approximate surface area is 164 Å². The first kappa shape index (κ1) is 19.9. The van der Waals surface area contributed by atoms with Gasteiger partial charge in [-0.3, -0.25) is 0 Å². The fraction of sp³-hybridized carbons (Fsp3) is 0.500. The number of aryl methyl sites for hydroxylation is 2. The van der Waals surface area contributed by atoms with Gasteiger partial charge >= 0.3 is 6.03 Å². The minimum atomic E-state index is -0.181. The van der Waals surface area contributed by atoms with Crippen LogP contribution in [0.15, 0.2) is 16.7 Å². The smallest absolute Gasteiger partial charge is 0.322 e. The fourth-order valence-electron chi connectivity index (χ4n) is 3.76. The van der Waals surface area contributed by atoms with Crippen LogP contribution in [0.25, 0.3) is 0 Å². The Balaban J connectivity index is 1.85. The van der Waals surface area contributed by atoms with E-state index in [0.29, 0.717) is 29.5 Å². The Morgan fingerprint density at radius 2 is 1.93 bits per heavy atom. The summed E-state index contributed by atoms with van der Waals surface area (Å²) in [4.78, 5) is 14.9. The van der Waals surface area contributed by atoms with E-state index in [9.17, 15) is 4.79 Å². The summed E-state index contributed by atoms with van der Waals surface area (Å²) >= 11 is 0. The van der Waals surface area contributed by atoms with Crippen LogP contribution in [-0.2, 0) is 6.42 Å². The van der Waals surface area contributed by atoms with Gasteiger partial charge in [0.2, 0.25) is 5.75 Å². The highest BCUT2D eigenvalue weighted by Gasteiger charge is 2.34. The predicted molar refractivity (Wildman–Crippen MR) is 104 cm³/mol. The Bertz CT molecular complexity index is 823. The Morgan fingerprint density at radius 3 is 2.50 bits per heavy atom. The minimum absolute atomic E-state index is 0.0387. The molecule has 3 rings (SSSR count). The molecule has 0 aliphatic carbocycles. The number of anilines is 1. The molecule has 8 heteroatoms. The normalized spacial score (nSPS) is 16.2. The summed E-state index contributed by atoms with van der Waals surface area (Å²) in [7, 11) is 4.63. The summed E-state index contributed by atoms with van der Waals surface area (Å²) in [5.41, 5.74) is 2.44. The number of carbonyl (C=O) groups is 1. The van der Waals surface area contributed by atoms with Crippen LogP contribution >= 0.6 is 0 Å². The van der Waals surface area contributed by atoms with E-state index < -0.39 is 0 Å². The van der Waals surface area contributed by atoms with Crippen LogP contribution in [0, 0.1) is 6.92 Å². The van der Waals surface area contributed by atoms with E-state index in [1.165, 1.54) is 0 Å². The number of nitrogens with one attached hydrogen (secondary N) is 1. The zero-order valence-electron chi connectivity index (χ0n) is 17.0. The zero-order chi connectivity index (χ0) is 20.3. The lowest BCUT2D eigenvalue weighted by Crippen LogP contribution is -2.34. The first-order valence-corrected chi connectivity index (χ1v) is 9.36. The molecule has 1 aliphatic heterocycles. The van der Waals surface area contributed by atoms with Crippen molar-refractivity contribution in [3.63, 3.8) is 0 Å². The number of hydrogen-bond donors (Lipinski definition) is 1. The Kier molecular flexibility index (Phi) is 5.96. The number of methoxy groups -OCH3 is 3. The lowest BCUT2D eigenvalue weighted by Gasteiger charge is -2.25. The number of hydrogen-bond acceptors (Lipinski definition) is 6. The van der Waals surface area contributed by atoms with E-state index in [1.54, 1.807) is 33.5 Å². The van der Waals surface area contributed by atoms with Crippen molar-refractivity contribution in [1.82, 2.24) is 10.1 Å². The maximum Gasteiger partial charge on any atom is 0.322 e. The molecule has 0 saturated carbocycles. The van der Waals surface area contributed by atoms with Gasteiger partial charge in [0.1, 0.15) is 5.76 Å². The molecular formula is C20H27N3O5. The van der Waals surface area contributed by atoms with Crippen molar-refractivity contribution in [1.29, 1.82) is 0 Å². The van der Waals surface area contributed by atoms with Crippen molar-refractivity contribution in [2.75, 3.05) is 33.2 Å². The fourth-order valence-corrected chi connectivity index (χ4v) is 3.76. The van der Waals surface area contributed by atoms with Gasteiger partial charge in [-0.25, -0.2) is 4.79 Å². The number of ether oxygens (including phenoxy) is 3. The highest BCUT2D eigenvalue weighted by Crippen LogP contribution is 2.41. The van der Waals surface area contributed by atoms with Gasteiger partial charge in [-0.05, 0) is 19.8 Å². The van der Waals surface area contributed by atoms with Crippen LogP contribution in [0.3, 0.4) is 0 Å². The molecule has 28 heavy (non-hydrogen) atoms. The summed E-state index contributed by atoms with van der Waals surface area (Å²) in [5.74, 6) is 2.29. The van der Waals surface area contributed by atoms with Gasteiger partial charge in [0.05, 0.1) is 38.8 Å². The molecule has 0 radical (unpaired) electrons. The highest BCUT2D eigenvalue weighted by molar-refractivity contribution is 5.90. The summed E-state index contributed by atoms with van der Waals surface area (Å²) in [6.45, 7) is 4.62. The second kappa shape index (κ2) is 8.41. The number of urea groups is 1. The second-order valence-electron chi connectivity index (χ2n) is 6.65. The third-order valence-electron chi connectivity index (χ3n) is 5.07. The third-order valence-corrected chi connectivity index (χ3v) is 5.07. The van der Waals surface area contributed by atoms with Crippen molar-refractivity contribution in [2.24, 2.45) is 0 Å². The van der Waals surface area contributed by atoms with Gasteiger partial charge < -0.3 is 29.0 Å². The summed E-state index contributed by atoms with van der Waals surface area (Å²) in [6, 6.07) is 3.21. The van der Waals surface area contributed by atoms with Crippen molar-refractivity contribution in [3.8, 4) is 17.2 Å². The van der Waals surface area contributed by atoms with Gasteiger partial charge in [-0.15, -0.1) is 0 Å². The molecule has 0 bridgehead atoms. The van der Waals surface area contributed by atoms with Gasteiger partial charge in [0.25, 0.3) is 0 Å². The number of likely N-dealkylation sites (tertiary alicyclic amines) is 1. The zero-order valence-corrected chi connectivity index (χ0v) is 17.0. The van der Waals surface area contributed by atoms with Gasteiger partial charge in [-0.1, -0.05) is 12.1 Å². The molecular weight excluding hydrogens is 362 g/mol. The minimum Gasteiger partial charge on any atom is -0.493 e. The molecule has 1 aromatic carbocycles. The molecule has 1 fully saturated rings. The number of aromatic nitrogens is 1. The van der Waals surface area contributed by atoms with Crippen molar-refractivity contribution >= 4 is 11.7 Å². The first-order valence-electron chi connectivity index (χ1n) is 9.36. The molecule has 0 spiro atoms. The maximum absolute atomic E-state index is 13.0. The average Bonchev–Trinajstić information content (AvgIpc) is 3.32. The van der Waals surface area contributed by atoms with E-state index in [2.05, 4.69) is 10.5 Å². The van der Waals surface area contributed by atoms with Gasteiger partial charge in [0, 0.05) is 30.7 Å². The number of rotatable bonds is 6. The summed E-state index contributed by atoms with van der Waals surface area (Å²) in [5, 5.41) is 7.05. The molecule has 8 nitrogen and oxygen atoms in total. The molecule has 1 aliphatic rings. The van der Waals surface area contributed by atoms with E-state index >= 15 is 0 Å². The molecule has 1 N–H and O–H groups in total. The van der Waals surface area contributed by atoms with E-state index in [1.807, 2.05) is 18.7 Å². The average molecular weight is 389 g/mol. The van der Waals surface area contributed by atoms with E-state index in [0.717, 1.165) is 36.3 Å². The molecule has 1 aromatic heterocycles. The summed E-state index contributed by atoms with van der Waals surface area (Å²) < 4.78 is 21.5. The molecule has 1 atom stereocenters. The first-order chi connectivity index (χ1) is 13.5. The quantitative estimate of drug-likeness (QED) is 0.805. The van der Waals surface area contributed by atoms with Crippen LogP contribution in [-0.4, -0.2) is 44.0 Å². The number of carbonyl (C=O) groups excluding carboxylic acids is 1. The third kappa shape index (κ3) is 3.58. The van der Waals surface area contributed by atoms with Crippen molar-refractivity contribution in [2.45, 2.75) is 39.2 Å². The van der Waals surface area contributed by atoms with Crippen LogP contribution in [0.1, 0.15) is 42.8 Å². The Hall–Kier alpha value is -2.90. The second-order valence-corrected chi connectivity index (χ2v) is 6.65. The molecule has 0 unspecified atom stereocenters. The maximum atomic E-state index is 13.0. The van der Waals surface area contributed by atoms with Crippen LogP contribution in [0.4, 0.5) is 10.5 Å². The molecule has 2 aromatic rings. The van der Waals surface area contributed by atoms with E-state index in [-0.39, 0.29) is 12.1 Å². The highest BCUT2D eigenvalue weighted by atomic mass is 16.5. The van der Waals surface area contributed by atoms with E-state index in [4.69, 9.17) is 18.7 Å². The van der Waals surface area contributed by atoms with Crippen LogP contribution in [0.5, 0.6) is 17.2 Å². The SMILES string of the molecule is CCc1onc(C)c1[C@H]1CCCN1C(=O)Nc1cc(OC)c(OC)c(OC)c1. The van der Waals surface area contributed by atoms with Gasteiger partial charge in [0.15, 0.2) is 11.5 Å². The summed E-state index contributed by atoms with van der Waals surface area (Å²) in [6.07, 6.45) is 2.56. The lowest BCUT2D eigenvalue weighted by atomic mass is 10.0. The van der Waals surface area contributed by atoms with Crippen molar-refractivity contribution in [3.05, 3.63) is 29.2 Å². The van der Waals surface area contributed by atoms with Gasteiger partial charge in [-0.2, -0.15) is 0 Å². The monoisotopic (exact) mass is 389 g/mol. The molecule has 2 amide bonds. The molecule has 2 heterocycles. The lowest BCUT2D eigenvalue weighted by molar-refractivity contribution is 0.206. The van der Waals surface area contributed by atoms with Crippen LogP contribution in [0.2, 0.25) is 0 Å². The topological polar surface area (TPSA) is 86.1 Å². The largest absolute Gasteiger partial charge is 0.493 e. The molecule has 1 saturated heterocycles. The Morgan fingerprint density at radius 1 is 1.25 bits per heavy atom. The standard InChI is InChI=1S/C20H27N3O5/c1-6-15-18(12(2)22-28-15)14-8-7-9-23(14)20(24)21-13-10-16(25-3)19(27-5)17(11-13)26-4/h10-11,14H,6-9H2,1-5H3,(H,21,24)/t14-/m1/s1. The number of nitrogens with zero attached hydrogens (tertiary/aromatic N) is 2. The number of benzene rings is 1. The van der Waals surface area contributed by atoms with Crippen LogP contribution < -0.4 is 19.5 Å². The number of amides is 2. The van der Waals surface area contributed by atoms with Crippen molar-refractivity contribution < 1.29 is 23.5 Å². The molecule has 152 valence electrons.